The highest BCUT2D eigenvalue weighted by molar-refractivity contribution is 7.92. The van der Waals surface area contributed by atoms with Crippen LogP contribution in [0.2, 0.25) is 0 Å². The Hall–Kier alpha value is -4.44. The molecule has 36 heavy (non-hydrogen) atoms. The average Bonchev–Trinajstić information content (AvgIpc) is 2.89. The molecule has 0 aromatic heterocycles. The van der Waals surface area contributed by atoms with Crippen LogP contribution in [0.15, 0.2) is 87.9 Å². The molecule has 0 spiro atoms. The van der Waals surface area contributed by atoms with E-state index in [0.29, 0.717) is 22.3 Å². The smallest absolute Gasteiger partial charge is 0.295 e. The van der Waals surface area contributed by atoms with E-state index in [2.05, 4.69) is 15.0 Å². The highest BCUT2D eigenvalue weighted by Gasteiger charge is 2.19. The molecule has 0 aliphatic rings. The lowest BCUT2D eigenvalue weighted by Gasteiger charge is -2.13. The van der Waals surface area contributed by atoms with Gasteiger partial charge in [0.2, 0.25) is 0 Å². The van der Waals surface area contributed by atoms with Gasteiger partial charge >= 0.3 is 0 Å². The zero-order chi connectivity index (χ0) is 25.9. The third-order valence-corrected chi connectivity index (χ3v) is 6.83. The summed E-state index contributed by atoms with van der Waals surface area (Å²) in [4.78, 5) is 12.7. The number of benzene rings is 4. The molecule has 0 atom stereocenters. The molecule has 0 aliphatic carbocycles. The number of aryl methyl sites for hydroxylation is 1. The summed E-state index contributed by atoms with van der Waals surface area (Å²) in [7, 11) is -1.01. The van der Waals surface area contributed by atoms with E-state index in [-0.39, 0.29) is 27.6 Å². The molecule has 4 rings (SSSR count). The molecule has 4 aromatic rings. The Kier molecular flexibility index (Phi) is 6.89. The van der Waals surface area contributed by atoms with E-state index < -0.39 is 15.9 Å². The van der Waals surface area contributed by atoms with E-state index in [1.54, 1.807) is 42.5 Å². The Labute approximate surface area is 208 Å². The molecular formula is C26H23N3O6S. The molecule has 0 heterocycles. The zero-order valence-electron chi connectivity index (χ0n) is 19.7. The van der Waals surface area contributed by atoms with Crippen LogP contribution in [0, 0.1) is 6.92 Å². The number of nitrogens with one attached hydrogen (secondary N) is 1. The second kappa shape index (κ2) is 10.0. The van der Waals surface area contributed by atoms with Crippen LogP contribution < -0.4 is 14.2 Å². The number of aromatic hydroxyl groups is 1. The predicted octanol–water partition coefficient (Wildman–Crippen LogP) is 5.60. The van der Waals surface area contributed by atoms with Gasteiger partial charge < -0.3 is 14.6 Å². The molecule has 4 aromatic carbocycles. The molecule has 0 saturated carbocycles. The average molecular weight is 506 g/mol. The quantitative estimate of drug-likeness (QED) is 0.249. The summed E-state index contributed by atoms with van der Waals surface area (Å²) >= 11 is 0. The lowest BCUT2D eigenvalue weighted by atomic mass is 10.1. The molecule has 9 nitrogen and oxygen atoms in total. The minimum absolute atomic E-state index is 0.0795. The number of hydrogen-bond acceptors (Lipinski definition) is 7. The predicted molar refractivity (Wildman–Crippen MR) is 136 cm³/mol. The molecule has 2 N–H and O–H groups in total. The monoisotopic (exact) mass is 505 g/mol. The van der Waals surface area contributed by atoms with E-state index in [4.69, 9.17) is 9.47 Å². The van der Waals surface area contributed by atoms with Crippen molar-refractivity contribution in [1.82, 2.24) is 0 Å². The zero-order valence-corrected chi connectivity index (χ0v) is 20.5. The second-order valence-corrected chi connectivity index (χ2v) is 9.51. The number of carbonyl (C=O) groups excluding carboxylic acids is 1. The Morgan fingerprint density at radius 1 is 0.889 bits per heavy atom. The van der Waals surface area contributed by atoms with Crippen molar-refractivity contribution in [2.75, 3.05) is 18.9 Å². The number of azo groups is 1. The Balaban J connectivity index is 1.72. The van der Waals surface area contributed by atoms with Gasteiger partial charge in [-0.1, -0.05) is 42.0 Å². The van der Waals surface area contributed by atoms with E-state index >= 15 is 0 Å². The van der Waals surface area contributed by atoms with Gasteiger partial charge in [0.1, 0.15) is 5.69 Å². The normalized spacial score (nSPS) is 11.5. The number of hydrogen-bond donors (Lipinski definition) is 2. The van der Waals surface area contributed by atoms with Gasteiger partial charge in [-0.15, -0.1) is 10.2 Å². The van der Waals surface area contributed by atoms with Crippen molar-refractivity contribution in [3.05, 3.63) is 83.9 Å². The van der Waals surface area contributed by atoms with Gasteiger partial charge in [0.15, 0.2) is 17.2 Å². The van der Waals surface area contributed by atoms with Crippen molar-refractivity contribution < 1.29 is 27.8 Å². The van der Waals surface area contributed by atoms with Crippen LogP contribution in [0.25, 0.3) is 10.8 Å². The summed E-state index contributed by atoms with van der Waals surface area (Å²) in [5, 5.41) is 19.2. The number of methoxy groups -OCH3 is 2. The maximum atomic E-state index is 13.0. The molecule has 0 unspecified atom stereocenters. The van der Waals surface area contributed by atoms with Crippen LogP contribution in [-0.4, -0.2) is 33.7 Å². The van der Waals surface area contributed by atoms with Gasteiger partial charge in [-0.3, -0.25) is 9.52 Å². The summed E-state index contributed by atoms with van der Waals surface area (Å²) in [6.07, 6.45) is 0. The molecule has 0 fully saturated rings. The van der Waals surface area contributed by atoms with Crippen molar-refractivity contribution in [1.29, 1.82) is 0 Å². The summed E-state index contributed by atoms with van der Waals surface area (Å²) < 4.78 is 39.0. The van der Waals surface area contributed by atoms with Crippen molar-refractivity contribution in [2.24, 2.45) is 10.2 Å². The number of sulfonamides is 1. The van der Waals surface area contributed by atoms with Gasteiger partial charge in [-0.25, -0.2) is 8.42 Å². The topological polar surface area (TPSA) is 127 Å². The van der Waals surface area contributed by atoms with E-state index in [1.165, 1.54) is 44.6 Å². The van der Waals surface area contributed by atoms with E-state index in [1.807, 2.05) is 6.92 Å². The van der Waals surface area contributed by atoms with E-state index in [9.17, 15) is 18.3 Å². The summed E-state index contributed by atoms with van der Waals surface area (Å²) in [5.41, 5.74) is 1.21. The van der Waals surface area contributed by atoms with Gasteiger partial charge in [0, 0.05) is 16.3 Å². The fourth-order valence-electron chi connectivity index (χ4n) is 3.55. The van der Waals surface area contributed by atoms with Crippen molar-refractivity contribution in [3.63, 3.8) is 0 Å². The van der Waals surface area contributed by atoms with Crippen LogP contribution in [0.1, 0.15) is 15.9 Å². The first-order valence-corrected chi connectivity index (χ1v) is 12.2. The SMILES string of the molecule is COc1ccc(C(=O)N=Nc2cc(NS(=O)(=O)c3ccc(C)cc3)c3ccccc3c2O)cc1OC. The molecule has 0 radical (unpaired) electrons. The van der Waals surface area contributed by atoms with Crippen molar-refractivity contribution in [2.45, 2.75) is 11.8 Å². The van der Waals surface area contributed by atoms with Crippen LogP contribution in [0.3, 0.4) is 0 Å². The molecule has 184 valence electrons. The van der Waals surface area contributed by atoms with E-state index in [0.717, 1.165) is 5.56 Å². The Morgan fingerprint density at radius 2 is 1.56 bits per heavy atom. The minimum Gasteiger partial charge on any atom is -0.505 e. The van der Waals surface area contributed by atoms with Crippen LogP contribution in [0.4, 0.5) is 11.4 Å². The first-order valence-electron chi connectivity index (χ1n) is 10.8. The largest absolute Gasteiger partial charge is 0.505 e. The number of anilines is 1. The standard InChI is InChI=1S/C26H23N3O6S/c1-16-8-11-18(12-9-16)36(32,33)29-21-15-22(25(30)20-7-5-4-6-19(20)21)27-28-26(31)17-10-13-23(34-2)24(14-17)35-3/h4-15,29-30H,1-3H3. The van der Waals surface area contributed by atoms with Gasteiger partial charge in [0.05, 0.1) is 24.8 Å². The van der Waals surface area contributed by atoms with Crippen LogP contribution >= 0.6 is 0 Å². The second-order valence-electron chi connectivity index (χ2n) is 7.83. The fourth-order valence-corrected chi connectivity index (χ4v) is 4.62. The van der Waals surface area contributed by atoms with Crippen LogP contribution in [-0.2, 0) is 10.0 Å². The maximum absolute atomic E-state index is 13.0. The number of ether oxygens (including phenoxy) is 2. The molecule has 10 heteroatoms. The number of nitrogens with zero attached hydrogens (tertiary/aromatic N) is 2. The number of phenolic OH excluding ortho intramolecular Hbond substituents is 1. The summed E-state index contributed by atoms with van der Waals surface area (Å²) in [5.74, 6) is -0.137. The Bertz CT molecular complexity index is 1580. The number of phenols is 1. The molecule has 0 saturated heterocycles. The highest BCUT2D eigenvalue weighted by atomic mass is 32.2. The molecular weight excluding hydrogens is 482 g/mol. The minimum atomic E-state index is -3.94. The Morgan fingerprint density at radius 3 is 2.22 bits per heavy atom. The summed E-state index contributed by atoms with van der Waals surface area (Å²) in [6.45, 7) is 1.86. The third kappa shape index (κ3) is 4.98. The number of carbonyl (C=O) groups is 1. The first kappa shape index (κ1) is 24.7. The lowest BCUT2D eigenvalue weighted by Crippen LogP contribution is -2.13. The lowest BCUT2D eigenvalue weighted by molar-refractivity contribution is 0.0994. The highest BCUT2D eigenvalue weighted by Crippen LogP contribution is 2.40. The molecule has 1 amide bonds. The van der Waals surface area contributed by atoms with Gasteiger partial charge in [-0.05, 0) is 43.3 Å². The fraction of sp³-hybridized carbons (Fsp3) is 0.115. The van der Waals surface area contributed by atoms with Gasteiger partial charge in [-0.2, -0.15) is 0 Å². The van der Waals surface area contributed by atoms with Crippen molar-refractivity contribution >= 4 is 38.1 Å². The number of fused-ring (bicyclic) bond motifs is 1. The van der Waals surface area contributed by atoms with Gasteiger partial charge in [0.25, 0.3) is 15.9 Å². The number of rotatable bonds is 7. The third-order valence-electron chi connectivity index (χ3n) is 5.45. The number of amides is 1. The van der Waals surface area contributed by atoms with Crippen molar-refractivity contribution in [3.8, 4) is 17.2 Å². The van der Waals surface area contributed by atoms with Crippen LogP contribution in [0.5, 0.6) is 17.2 Å². The molecule has 0 aliphatic heterocycles. The summed E-state index contributed by atoms with van der Waals surface area (Å²) in [6, 6.07) is 18.9. The first-order chi connectivity index (χ1) is 17.2. The maximum Gasteiger partial charge on any atom is 0.295 e. The molecule has 0 bridgehead atoms.